The van der Waals surface area contributed by atoms with E-state index in [4.69, 9.17) is 11.6 Å². The summed E-state index contributed by atoms with van der Waals surface area (Å²) in [5.74, 6) is -0.400. The first kappa shape index (κ1) is 31.8. The maximum absolute atomic E-state index is 13.0. The van der Waals surface area contributed by atoms with Crippen LogP contribution in [0.15, 0.2) is 36.4 Å². The van der Waals surface area contributed by atoms with Crippen molar-refractivity contribution in [1.29, 1.82) is 0 Å². The van der Waals surface area contributed by atoms with Crippen LogP contribution in [-0.4, -0.2) is 53.9 Å². The second-order valence-corrected chi connectivity index (χ2v) is 12.1. The van der Waals surface area contributed by atoms with E-state index in [1.54, 1.807) is 30.3 Å². The Bertz CT molecular complexity index is 1580. The predicted octanol–water partition coefficient (Wildman–Crippen LogP) is 6.79. The Hall–Kier alpha value is -4.08. The summed E-state index contributed by atoms with van der Waals surface area (Å²) in [6.07, 6.45) is 1.76. The van der Waals surface area contributed by atoms with Crippen molar-refractivity contribution in [3.8, 4) is 0 Å². The minimum Gasteiger partial charge on any atom is -0.358 e. The summed E-state index contributed by atoms with van der Waals surface area (Å²) in [4.78, 5) is 44.1. The average Bonchev–Trinajstić information content (AvgIpc) is 3.39. The normalized spacial score (nSPS) is 13.7. The Morgan fingerprint density at radius 1 is 1.00 bits per heavy atom. The third-order valence-electron chi connectivity index (χ3n) is 7.70. The van der Waals surface area contributed by atoms with Gasteiger partial charge in [-0.15, -0.1) is 0 Å². The van der Waals surface area contributed by atoms with Crippen LogP contribution in [0.5, 0.6) is 0 Å². The molecule has 1 aliphatic rings. The van der Waals surface area contributed by atoms with Gasteiger partial charge in [-0.25, -0.2) is 4.79 Å². The fourth-order valence-electron chi connectivity index (χ4n) is 5.27. The molecule has 0 saturated heterocycles. The van der Waals surface area contributed by atoms with Crippen molar-refractivity contribution in [2.75, 3.05) is 42.1 Å². The molecule has 5 N–H and O–H groups in total. The average molecular weight is 605 g/mol. The highest BCUT2D eigenvalue weighted by atomic mass is 35.5. The van der Waals surface area contributed by atoms with Gasteiger partial charge in [0, 0.05) is 46.4 Å². The number of likely N-dealkylation sites (N-methyl/N-ethyl adjacent to an activating group) is 1. The molecule has 4 amide bonds. The van der Waals surface area contributed by atoms with E-state index in [-0.39, 0.29) is 17.2 Å². The van der Waals surface area contributed by atoms with Crippen LogP contribution in [-0.2, 0) is 10.2 Å². The van der Waals surface area contributed by atoms with E-state index >= 15 is 0 Å². The van der Waals surface area contributed by atoms with Crippen LogP contribution in [0, 0.1) is 13.8 Å². The van der Waals surface area contributed by atoms with Crippen molar-refractivity contribution in [3.05, 3.63) is 75.1 Å². The zero-order chi connectivity index (χ0) is 31.5. The van der Waals surface area contributed by atoms with Crippen molar-refractivity contribution in [1.82, 2.24) is 15.2 Å². The summed E-state index contributed by atoms with van der Waals surface area (Å²) in [7, 11) is 0. The van der Waals surface area contributed by atoms with Crippen LogP contribution in [0.3, 0.4) is 0 Å². The smallest absolute Gasteiger partial charge is 0.323 e. The molecule has 4 rings (SSSR count). The minimum atomic E-state index is -0.431. The van der Waals surface area contributed by atoms with Gasteiger partial charge in [-0.05, 0) is 73.8 Å². The van der Waals surface area contributed by atoms with E-state index < -0.39 is 6.03 Å². The lowest BCUT2D eigenvalue weighted by atomic mass is 9.87. The lowest BCUT2D eigenvalue weighted by Gasteiger charge is -2.21. The SMILES string of the molecule is CCN(CC)CCNC(=O)c1c(C)[nH]c(/C=C2\C(=O)Nc3cc(NC(=O)Nc4ccc(C(C)(C)C)c(Cl)c4)ccc32)c1C. The number of urea groups is 1. The van der Waals surface area contributed by atoms with Gasteiger partial charge >= 0.3 is 6.03 Å². The molecule has 1 aromatic heterocycles. The Morgan fingerprint density at radius 3 is 2.28 bits per heavy atom. The molecule has 0 fully saturated rings. The largest absolute Gasteiger partial charge is 0.358 e. The molecule has 0 saturated carbocycles. The first-order valence-corrected chi connectivity index (χ1v) is 14.9. The van der Waals surface area contributed by atoms with Gasteiger partial charge in [0.2, 0.25) is 0 Å². The van der Waals surface area contributed by atoms with Gasteiger partial charge in [-0.1, -0.05) is 58.4 Å². The summed E-state index contributed by atoms with van der Waals surface area (Å²) < 4.78 is 0. The molecule has 10 heteroatoms. The van der Waals surface area contributed by atoms with Crippen molar-refractivity contribution in [3.63, 3.8) is 0 Å². The van der Waals surface area contributed by atoms with Crippen LogP contribution in [0.25, 0.3) is 11.6 Å². The van der Waals surface area contributed by atoms with Crippen LogP contribution in [0.1, 0.15) is 73.1 Å². The number of rotatable bonds is 9. The number of carbonyl (C=O) groups is 3. The lowest BCUT2D eigenvalue weighted by Crippen LogP contribution is -2.35. The number of amides is 4. The maximum Gasteiger partial charge on any atom is 0.323 e. The number of nitrogens with zero attached hydrogens (tertiary/aromatic N) is 1. The molecule has 0 atom stereocenters. The first-order chi connectivity index (χ1) is 20.3. The predicted molar refractivity (Wildman–Crippen MR) is 176 cm³/mol. The molecule has 0 unspecified atom stereocenters. The summed E-state index contributed by atoms with van der Waals surface area (Å²) >= 11 is 6.44. The fraction of sp³-hybridized carbons (Fsp3) is 0.364. The Kier molecular flexibility index (Phi) is 9.67. The van der Waals surface area contributed by atoms with Crippen LogP contribution in [0.4, 0.5) is 21.9 Å². The van der Waals surface area contributed by atoms with Crippen LogP contribution < -0.4 is 21.3 Å². The highest BCUT2D eigenvalue weighted by Crippen LogP contribution is 2.36. The number of hydrogen-bond donors (Lipinski definition) is 5. The zero-order valence-electron chi connectivity index (χ0n) is 25.9. The van der Waals surface area contributed by atoms with E-state index in [9.17, 15) is 14.4 Å². The summed E-state index contributed by atoms with van der Waals surface area (Å²) in [5.41, 5.74) is 6.53. The van der Waals surface area contributed by atoms with Crippen molar-refractivity contribution < 1.29 is 14.4 Å². The molecule has 2 aromatic carbocycles. The quantitative estimate of drug-likeness (QED) is 0.173. The molecule has 2 heterocycles. The number of halogens is 1. The van der Waals surface area contributed by atoms with Gasteiger partial charge in [0.15, 0.2) is 0 Å². The molecular weight excluding hydrogens is 564 g/mol. The van der Waals surface area contributed by atoms with E-state index in [2.05, 4.69) is 65.8 Å². The number of anilines is 3. The second kappa shape index (κ2) is 13.1. The third kappa shape index (κ3) is 7.29. The van der Waals surface area contributed by atoms with Crippen molar-refractivity contribution in [2.24, 2.45) is 0 Å². The number of hydrogen-bond acceptors (Lipinski definition) is 4. The van der Waals surface area contributed by atoms with Gasteiger partial charge in [0.1, 0.15) is 0 Å². The number of H-pyrrole nitrogens is 1. The summed E-state index contributed by atoms with van der Waals surface area (Å²) in [5, 5.41) is 12.1. The molecule has 1 aliphatic heterocycles. The molecule has 228 valence electrons. The lowest BCUT2D eigenvalue weighted by molar-refractivity contribution is -0.110. The zero-order valence-corrected chi connectivity index (χ0v) is 26.7. The van der Waals surface area contributed by atoms with Crippen LogP contribution in [0.2, 0.25) is 5.02 Å². The summed E-state index contributed by atoms with van der Waals surface area (Å²) in [6.45, 7) is 17.4. The number of benzene rings is 2. The highest BCUT2D eigenvalue weighted by Gasteiger charge is 2.26. The van der Waals surface area contributed by atoms with Gasteiger partial charge in [0.05, 0.1) is 16.8 Å². The van der Waals surface area contributed by atoms with E-state index in [0.717, 1.165) is 36.5 Å². The number of fused-ring (bicyclic) bond motifs is 1. The topological polar surface area (TPSA) is 118 Å². The fourth-order valence-corrected chi connectivity index (χ4v) is 5.73. The van der Waals surface area contributed by atoms with E-state index in [1.807, 2.05) is 26.0 Å². The van der Waals surface area contributed by atoms with E-state index in [1.165, 1.54) is 0 Å². The standard InChI is InChI=1S/C33H41ClN6O3/c1-8-40(9-2)15-14-35-31(42)29-19(3)27(36-20(29)4)18-24-23-12-10-22(17-28(23)39-30(24)41)38-32(43)37-21-11-13-25(26(34)16-21)33(5,6)7/h10-13,16-18,36H,8-9,14-15H2,1-7H3,(H,35,42)(H,39,41)(H2,37,38,43)/b24-18-. The number of nitrogens with one attached hydrogen (secondary N) is 5. The summed E-state index contributed by atoms with van der Waals surface area (Å²) in [6, 6.07) is 10.3. The minimum absolute atomic E-state index is 0.111. The molecule has 0 aliphatic carbocycles. The molecule has 0 bridgehead atoms. The Balaban J connectivity index is 1.46. The molecular formula is C33H41ClN6O3. The second-order valence-electron chi connectivity index (χ2n) is 11.7. The Morgan fingerprint density at radius 2 is 1.65 bits per heavy atom. The number of aromatic amines is 1. The van der Waals surface area contributed by atoms with Gasteiger partial charge < -0.3 is 31.2 Å². The first-order valence-electron chi connectivity index (χ1n) is 14.6. The van der Waals surface area contributed by atoms with Gasteiger partial charge in [-0.2, -0.15) is 0 Å². The molecule has 9 nitrogen and oxygen atoms in total. The molecule has 3 aromatic rings. The van der Waals surface area contributed by atoms with Gasteiger partial charge in [0.25, 0.3) is 11.8 Å². The Labute approximate surface area is 258 Å². The third-order valence-corrected chi connectivity index (χ3v) is 8.01. The molecule has 0 radical (unpaired) electrons. The van der Waals surface area contributed by atoms with Gasteiger partial charge in [-0.3, -0.25) is 9.59 Å². The van der Waals surface area contributed by atoms with E-state index in [0.29, 0.717) is 51.0 Å². The highest BCUT2D eigenvalue weighted by molar-refractivity contribution is 6.35. The maximum atomic E-state index is 13.0. The molecule has 43 heavy (non-hydrogen) atoms. The number of carbonyl (C=O) groups excluding carboxylic acids is 3. The molecule has 0 spiro atoms. The number of aryl methyl sites for hydroxylation is 1. The van der Waals surface area contributed by atoms with Crippen LogP contribution >= 0.6 is 11.6 Å². The van der Waals surface area contributed by atoms with Crippen molar-refractivity contribution in [2.45, 2.75) is 53.9 Å². The number of aromatic nitrogens is 1. The van der Waals surface area contributed by atoms with Crippen molar-refractivity contribution >= 4 is 58.2 Å². The monoisotopic (exact) mass is 604 g/mol.